The Morgan fingerprint density at radius 1 is 0.588 bits per heavy atom. The molecule has 4 aromatic rings. The van der Waals surface area contributed by atoms with Gasteiger partial charge in [0.2, 0.25) is 0 Å². The van der Waals surface area contributed by atoms with Gasteiger partial charge in [0.05, 0.1) is 11.4 Å². The molecule has 2 aromatic heterocycles. The van der Waals surface area contributed by atoms with Crippen LogP contribution in [0.25, 0.3) is 9.69 Å². The van der Waals surface area contributed by atoms with Crippen molar-refractivity contribution in [3.05, 3.63) is 94.9 Å². The van der Waals surface area contributed by atoms with Crippen LogP contribution in [-0.4, -0.2) is 19.9 Å². The van der Waals surface area contributed by atoms with Crippen molar-refractivity contribution in [1.82, 2.24) is 19.9 Å². The van der Waals surface area contributed by atoms with Gasteiger partial charge in [0, 0.05) is 0 Å². The second-order valence-corrected chi connectivity index (χ2v) is 6.88. The molecule has 1 aliphatic heterocycles. The number of aromatic nitrogens is 4. The quantitative estimate of drug-likeness (QED) is 0.338. The lowest BCUT2D eigenvalue weighted by Crippen LogP contribution is -2.28. The van der Waals surface area contributed by atoms with Crippen LogP contribution < -0.4 is 9.80 Å². The molecular weight excluding hydrogens is 428 g/mol. The van der Waals surface area contributed by atoms with Crippen molar-refractivity contribution in [3.63, 3.8) is 0 Å². The number of anilines is 6. The molecule has 10 heteroatoms. The van der Waals surface area contributed by atoms with Crippen molar-refractivity contribution >= 4 is 46.3 Å². The van der Waals surface area contributed by atoms with Crippen LogP contribution in [0.3, 0.4) is 0 Å². The maximum absolute atomic E-state index is 9.60. The standard InChI is InChI=1S/C24H10N10/c1-27-19-20(28-2)32-24-23(31-19)33(15-9-5-3-6-10-15)21-22(30-18(14-26)17(13-25)29-21)34(24)16-11-7-4-8-12-16/h3-12H. The molecule has 0 unspecified atom stereocenters. The van der Waals surface area contributed by atoms with E-state index in [-0.39, 0.29) is 46.3 Å². The van der Waals surface area contributed by atoms with E-state index < -0.39 is 0 Å². The zero-order valence-electron chi connectivity index (χ0n) is 17.2. The van der Waals surface area contributed by atoms with E-state index in [2.05, 4.69) is 29.6 Å². The van der Waals surface area contributed by atoms with Crippen molar-refractivity contribution < 1.29 is 0 Å². The van der Waals surface area contributed by atoms with E-state index >= 15 is 0 Å². The third-order valence-corrected chi connectivity index (χ3v) is 4.98. The van der Waals surface area contributed by atoms with Gasteiger partial charge in [-0.2, -0.15) is 10.5 Å². The first kappa shape index (κ1) is 20.1. The first-order valence-corrected chi connectivity index (χ1v) is 9.79. The van der Waals surface area contributed by atoms with E-state index in [9.17, 15) is 10.5 Å². The number of para-hydroxylation sites is 2. The number of fused-ring (bicyclic) bond motifs is 2. The lowest BCUT2D eigenvalue weighted by Gasteiger charge is -2.33. The summed E-state index contributed by atoms with van der Waals surface area (Å²) in [5.74, 6) is 0.631. The van der Waals surface area contributed by atoms with Crippen LogP contribution in [0.15, 0.2) is 60.7 Å². The minimum absolute atomic E-state index is 0.144. The van der Waals surface area contributed by atoms with E-state index in [4.69, 9.17) is 13.1 Å². The molecule has 0 N–H and O–H groups in total. The summed E-state index contributed by atoms with van der Waals surface area (Å²) in [6.07, 6.45) is 0. The van der Waals surface area contributed by atoms with E-state index in [1.807, 2.05) is 48.5 Å². The minimum Gasteiger partial charge on any atom is -0.370 e. The summed E-state index contributed by atoms with van der Waals surface area (Å²) >= 11 is 0. The third kappa shape index (κ3) is 3.01. The number of nitrogens with zero attached hydrogens (tertiary/aromatic N) is 10. The molecule has 0 saturated heterocycles. The fourth-order valence-corrected chi connectivity index (χ4v) is 3.57. The van der Waals surface area contributed by atoms with Crippen LogP contribution in [0, 0.1) is 35.8 Å². The molecule has 1 aliphatic rings. The SMILES string of the molecule is [C-]#[N+]c1nc2c(nc1[N+]#[C-])N(c1ccccc1)c1nc(C#N)c(C#N)nc1N2c1ccccc1. The highest BCUT2D eigenvalue weighted by molar-refractivity contribution is 5.97. The monoisotopic (exact) mass is 438 g/mol. The van der Waals surface area contributed by atoms with Gasteiger partial charge in [-0.25, -0.2) is 9.97 Å². The van der Waals surface area contributed by atoms with E-state index in [0.29, 0.717) is 11.4 Å². The minimum atomic E-state index is -0.159. The van der Waals surface area contributed by atoms with Crippen molar-refractivity contribution in [2.24, 2.45) is 0 Å². The lowest BCUT2D eigenvalue weighted by atomic mass is 10.2. The molecular formula is C24H10N10. The normalized spacial score (nSPS) is 11.3. The van der Waals surface area contributed by atoms with E-state index in [1.54, 1.807) is 34.1 Å². The molecule has 2 aromatic carbocycles. The van der Waals surface area contributed by atoms with Gasteiger partial charge in [-0.15, -0.1) is 9.97 Å². The van der Waals surface area contributed by atoms with Gasteiger partial charge in [-0.05, 0) is 24.3 Å². The van der Waals surface area contributed by atoms with Gasteiger partial charge in [-0.1, -0.05) is 49.5 Å². The summed E-state index contributed by atoms with van der Waals surface area (Å²) in [5, 5.41) is 19.2. The topological polar surface area (TPSA) is 114 Å². The van der Waals surface area contributed by atoms with Gasteiger partial charge >= 0.3 is 11.6 Å². The average molecular weight is 438 g/mol. The molecule has 34 heavy (non-hydrogen) atoms. The largest absolute Gasteiger partial charge is 0.370 e. The predicted molar refractivity (Wildman–Crippen MR) is 122 cm³/mol. The Hall–Kier alpha value is -5.84. The highest BCUT2D eigenvalue weighted by atomic mass is 15.4. The summed E-state index contributed by atoms with van der Waals surface area (Å²) < 4.78 is 0. The Morgan fingerprint density at radius 3 is 1.26 bits per heavy atom. The Labute approximate surface area is 193 Å². The Balaban J connectivity index is 1.94. The first-order chi connectivity index (χ1) is 16.7. The first-order valence-electron chi connectivity index (χ1n) is 9.79. The fourth-order valence-electron chi connectivity index (χ4n) is 3.57. The lowest BCUT2D eigenvalue weighted by molar-refractivity contribution is 0.983. The van der Waals surface area contributed by atoms with Crippen LogP contribution >= 0.6 is 0 Å². The van der Waals surface area contributed by atoms with Crippen LogP contribution in [0.4, 0.5) is 46.3 Å². The zero-order valence-corrected chi connectivity index (χ0v) is 17.2. The maximum Gasteiger partial charge on any atom is 0.300 e. The molecule has 156 valence electrons. The summed E-state index contributed by atoms with van der Waals surface area (Å²) in [6.45, 7) is 15.0. The fraction of sp³-hybridized carbons (Fsp3) is 0. The van der Waals surface area contributed by atoms with E-state index in [0.717, 1.165) is 0 Å². The number of nitriles is 2. The van der Waals surface area contributed by atoms with Crippen LogP contribution in [0.2, 0.25) is 0 Å². The predicted octanol–water partition coefficient (Wildman–Crippen LogP) is 5.36. The van der Waals surface area contributed by atoms with Gasteiger partial charge in [-0.3, -0.25) is 9.80 Å². The molecule has 5 rings (SSSR count). The molecule has 0 aliphatic carbocycles. The van der Waals surface area contributed by atoms with Crippen LogP contribution in [0.1, 0.15) is 11.4 Å². The Kier molecular flexibility index (Phi) is 4.73. The van der Waals surface area contributed by atoms with Crippen molar-refractivity contribution in [2.45, 2.75) is 0 Å². The number of hydrogen-bond acceptors (Lipinski definition) is 8. The van der Waals surface area contributed by atoms with Crippen molar-refractivity contribution in [2.75, 3.05) is 9.80 Å². The molecule has 0 bridgehead atoms. The van der Waals surface area contributed by atoms with Gasteiger partial charge < -0.3 is 9.69 Å². The summed E-state index contributed by atoms with van der Waals surface area (Å²) in [7, 11) is 0. The average Bonchev–Trinajstić information content (AvgIpc) is 2.90. The summed E-state index contributed by atoms with van der Waals surface area (Å²) in [5.41, 5.74) is 0.965. The number of rotatable bonds is 2. The van der Waals surface area contributed by atoms with Crippen LogP contribution in [0.5, 0.6) is 0 Å². The smallest absolute Gasteiger partial charge is 0.300 e. The molecule has 0 radical (unpaired) electrons. The summed E-state index contributed by atoms with van der Waals surface area (Å²) in [6, 6.07) is 22.0. The molecule has 0 amide bonds. The maximum atomic E-state index is 9.60. The Bertz CT molecular complexity index is 1400. The molecule has 0 atom stereocenters. The van der Waals surface area contributed by atoms with Crippen molar-refractivity contribution in [1.29, 1.82) is 10.5 Å². The molecule has 0 saturated carbocycles. The van der Waals surface area contributed by atoms with Crippen molar-refractivity contribution in [3.8, 4) is 12.1 Å². The highest BCUT2D eigenvalue weighted by Gasteiger charge is 2.41. The zero-order chi connectivity index (χ0) is 23.7. The van der Waals surface area contributed by atoms with E-state index in [1.165, 1.54) is 0 Å². The summed E-state index contributed by atoms with van der Waals surface area (Å²) in [4.78, 5) is 27.9. The third-order valence-electron chi connectivity index (χ3n) is 4.98. The second-order valence-electron chi connectivity index (χ2n) is 6.88. The molecule has 0 fully saturated rings. The highest BCUT2D eigenvalue weighted by Crippen LogP contribution is 2.52. The van der Waals surface area contributed by atoms with Crippen LogP contribution in [-0.2, 0) is 0 Å². The second kappa shape index (κ2) is 8.01. The van der Waals surface area contributed by atoms with Gasteiger partial charge in [0.15, 0.2) is 23.0 Å². The molecule has 3 heterocycles. The Morgan fingerprint density at radius 2 is 0.941 bits per heavy atom. The molecule has 0 spiro atoms. The molecule has 10 nitrogen and oxygen atoms in total. The number of benzene rings is 2. The van der Waals surface area contributed by atoms with Gasteiger partial charge in [0.1, 0.15) is 12.1 Å². The number of hydrogen-bond donors (Lipinski definition) is 0. The van der Waals surface area contributed by atoms with Gasteiger partial charge in [0.25, 0.3) is 11.6 Å².